The van der Waals surface area contributed by atoms with Crippen LogP contribution in [-0.4, -0.2) is 153 Å². The van der Waals surface area contributed by atoms with Crippen LogP contribution in [0, 0.1) is 83.1 Å². The molecule has 0 saturated carbocycles. The van der Waals surface area contributed by atoms with E-state index in [1.165, 1.54) is 0 Å². The minimum absolute atomic E-state index is 0.149. The van der Waals surface area contributed by atoms with E-state index in [1.807, 2.05) is 90.0 Å². The standard InChI is InChI=1S/3C36H48N6O8/c1-7-9-17-47-21-49-35(45)37-27-13-11-23(3)31(19-27)41-33(43)39-29-15-16-30(26(6)25(29)5)40-34(44)42-32-20-28(14-12-24(32)4)38-36(46)50-22-48-18-10-8-2;1-7-9-17-47-21-49-35(45)40-30-15-11-13-28(25(30)5)38-33(43)37-27-19-23(3)32(24(4)20-27)42-34(44)39-29-14-12-16-31(26(29)6)41-36(46)50-22-48-18-10-8-2;1-7-9-16-47-21-49-35(45)37-27-15-14-23(3)32(20-27)41-34(44)40-31-19-24(4)30(18-25(31)5)39-33(43)38-28-12-11-13-29(26(28)6)42-36(46)50-22-48-17-10-8-2/h11-16,19-20H,7-10,17-18,21-22H2,1-6H3,(H,37,45)(H,38,46)(H2,39,41,43)(H2,40,42,44);11-16,19-20H,7-10,17-18,21-22H2,1-6H3,(H,40,45)(H,41,46)(H2,37,38,43)(H2,39,42,44);11-15,18-20H,7-10,16-17,21-22H2,1-6H3,(H,37,45)(H,42,46)(H2,38,39,43)(H2,40,41,44). The molecule has 0 aliphatic rings. The first-order valence-electron chi connectivity index (χ1n) is 49.5. The van der Waals surface area contributed by atoms with E-state index in [9.17, 15) is 57.5 Å². The lowest BCUT2D eigenvalue weighted by Gasteiger charge is -2.17. The molecule has 42 nitrogen and oxygen atoms in total. The van der Waals surface area contributed by atoms with Crippen molar-refractivity contribution >= 4 is 175 Å². The largest absolute Gasteiger partial charge is 0.422 e. The molecule has 0 aliphatic carbocycles. The van der Waals surface area contributed by atoms with Gasteiger partial charge in [-0.15, -0.1) is 0 Å². The zero-order chi connectivity index (χ0) is 109. The number of nitrogens with one attached hydrogen (secondary N) is 18. The Labute approximate surface area is 875 Å². The highest BCUT2D eigenvalue weighted by Crippen LogP contribution is 2.34. The normalized spacial score (nSPS) is 10.5. The predicted octanol–water partition coefficient (Wildman–Crippen LogP) is 26.6. The highest BCUT2D eigenvalue weighted by molar-refractivity contribution is 6.08. The number of carbonyl (C=O) groups excluding carboxylic acids is 12. The second-order valence-electron chi connectivity index (χ2n) is 34.5. The maximum atomic E-state index is 13.0. The Hall–Kier alpha value is -16.0. The highest BCUT2D eigenvalue weighted by atomic mass is 16.7. The van der Waals surface area contributed by atoms with Gasteiger partial charge >= 0.3 is 72.7 Å². The Bertz CT molecular complexity index is 5700. The van der Waals surface area contributed by atoms with Crippen LogP contribution >= 0.6 is 0 Å². The Balaban J connectivity index is 0.000000304. The quantitative estimate of drug-likeness (QED) is 0.00956. The fraction of sp³-hybridized carbons (Fsp3) is 0.389. The zero-order valence-electron chi connectivity index (χ0n) is 88.6. The molecule has 0 fully saturated rings. The lowest BCUT2D eigenvalue weighted by molar-refractivity contribution is -0.0115. The molecule has 0 bridgehead atoms. The van der Waals surface area contributed by atoms with E-state index < -0.39 is 72.7 Å². The molecular weight excluding hydrogens is 1930 g/mol. The van der Waals surface area contributed by atoms with Gasteiger partial charge in [-0.3, -0.25) is 31.9 Å². The molecular formula is C108H144N18O24. The zero-order valence-corrected chi connectivity index (χ0v) is 88.6. The summed E-state index contributed by atoms with van der Waals surface area (Å²) in [4.78, 5) is 151. The molecule has 150 heavy (non-hydrogen) atoms. The van der Waals surface area contributed by atoms with Crippen LogP contribution in [0.5, 0.6) is 0 Å². The van der Waals surface area contributed by atoms with Gasteiger partial charge in [-0.05, 0) is 298 Å². The number of urea groups is 6. The van der Waals surface area contributed by atoms with Crippen LogP contribution in [0.3, 0.4) is 0 Å². The molecule has 42 heteroatoms. The van der Waals surface area contributed by atoms with Gasteiger partial charge in [0, 0.05) is 102 Å². The van der Waals surface area contributed by atoms with Crippen molar-refractivity contribution in [2.75, 3.05) is 176 Å². The Morgan fingerprint density at radius 1 is 0.187 bits per heavy atom. The summed E-state index contributed by atoms with van der Waals surface area (Å²) in [7, 11) is 0. The summed E-state index contributed by atoms with van der Waals surface area (Å²) >= 11 is 0. The van der Waals surface area contributed by atoms with E-state index in [2.05, 4.69) is 95.7 Å². The number of hydrogen-bond donors (Lipinski definition) is 18. The average Bonchev–Trinajstić information content (AvgIpc) is 0.824. The van der Waals surface area contributed by atoms with Crippen molar-refractivity contribution < 1.29 is 114 Å². The minimum atomic E-state index is -0.670. The number of ether oxygens (including phenoxy) is 12. The summed E-state index contributed by atoms with van der Waals surface area (Å²) in [6.45, 7) is 36.1. The van der Waals surface area contributed by atoms with Crippen molar-refractivity contribution in [1.82, 2.24) is 0 Å². The molecule has 810 valence electrons. The van der Waals surface area contributed by atoms with E-state index in [1.54, 1.807) is 180 Å². The van der Waals surface area contributed by atoms with Crippen LogP contribution in [-0.2, 0) is 56.8 Å². The first-order chi connectivity index (χ1) is 72.0. The van der Waals surface area contributed by atoms with Gasteiger partial charge < -0.3 is 121 Å². The Kier molecular flexibility index (Phi) is 52.8. The summed E-state index contributed by atoms with van der Waals surface area (Å²) < 4.78 is 61.8. The average molecular weight is 2080 g/mol. The molecule has 0 unspecified atom stereocenters. The smallest absolute Gasteiger partial charge is 0.413 e. The number of anilines is 18. The van der Waals surface area contributed by atoms with E-state index >= 15 is 0 Å². The van der Waals surface area contributed by atoms with Gasteiger partial charge in [0.25, 0.3) is 0 Å². The second-order valence-corrected chi connectivity index (χ2v) is 34.5. The maximum absolute atomic E-state index is 13.0. The van der Waals surface area contributed by atoms with Crippen molar-refractivity contribution in [3.05, 3.63) is 212 Å². The summed E-state index contributed by atoms with van der Waals surface area (Å²) in [5.74, 6) is 0. The molecule has 9 aromatic carbocycles. The minimum Gasteiger partial charge on any atom is -0.422 e. The number of carbonyl (C=O) groups is 12. The van der Waals surface area contributed by atoms with Gasteiger partial charge in [-0.25, -0.2) is 57.5 Å². The van der Waals surface area contributed by atoms with E-state index in [4.69, 9.17) is 56.8 Å². The van der Waals surface area contributed by atoms with E-state index in [-0.39, 0.29) is 40.8 Å². The van der Waals surface area contributed by atoms with Crippen LogP contribution in [0.1, 0.15) is 185 Å². The van der Waals surface area contributed by atoms with Gasteiger partial charge in [-0.1, -0.05) is 116 Å². The van der Waals surface area contributed by atoms with E-state index in [0.29, 0.717) is 181 Å². The molecule has 9 aromatic rings. The number of unbranched alkanes of at least 4 members (excludes halogenated alkanes) is 6. The molecule has 0 radical (unpaired) electrons. The monoisotopic (exact) mass is 2080 g/mol. The van der Waals surface area contributed by atoms with Gasteiger partial charge in [0.05, 0.1) is 39.6 Å². The molecule has 0 aromatic heterocycles. The number of aryl methyl sites for hydroxylation is 7. The van der Waals surface area contributed by atoms with Crippen LogP contribution < -0.4 is 95.7 Å². The Morgan fingerprint density at radius 2 is 0.393 bits per heavy atom. The van der Waals surface area contributed by atoms with Crippen molar-refractivity contribution in [2.45, 2.75) is 202 Å². The highest BCUT2D eigenvalue weighted by Gasteiger charge is 2.23. The van der Waals surface area contributed by atoms with Gasteiger partial charge in [0.1, 0.15) is 0 Å². The topological polar surface area (TPSA) is 532 Å². The maximum Gasteiger partial charge on any atom is 0.413 e. The molecule has 0 spiro atoms. The SMILES string of the molecule is CCCCOCOC(=O)Nc1ccc(C)c(NC(=O)Nc2cc(C)c(NC(=O)Nc3cccc(NC(=O)OCOCCCC)c3C)cc2C)c1.CCCCOCOC(=O)Nc1ccc(C)c(NC(=O)Nc2ccc(NC(=O)Nc3cc(NC(=O)OCOCCCC)ccc3C)c(C)c2C)c1.CCCCOCOC(=O)Nc1cccc(NC(=O)Nc2cc(C)c(NC(=O)Nc3cccc(NC(=O)OCOCCCC)c3C)c(C)c2)c1C. The van der Waals surface area contributed by atoms with Crippen molar-refractivity contribution in [1.29, 1.82) is 0 Å². The van der Waals surface area contributed by atoms with Gasteiger partial charge in [0.15, 0.2) is 40.8 Å². The van der Waals surface area contributed by atoms with Gasteiger partial charge in [-0.2, -0.15) is 0 Å². The third kappa shape index (κ3) is 43.6. The molecule has 0 saturated heterocycles. The van der Waals surface area contributed by atoms with Crippen LogP contribution in [0.4, 0.5) is 160 Å². The lowest BCUT2D eigenvalue weighted by atomic mass is 10.1. The second kappa shape index (κ2) is 65.6. The van der Waals surface area contributed by atoms with Gasteiger partial charge in [0.2, 0.25) is 0 Å². The summed E-state index contributed by atoms with van der Waals surface area (Å²) in [6, 6.07) is 38.0. The predicted molar refractivity (Wildman–Crippen MR) is 586 cm³/mol. The fourth-order valence-corrected chi connectivity index (χ4v) is 13.6. The van der Waals surface area contributed by atoms with Crippen molar-refractivity contribution in [2.24, 2.45) is 0 Å². The fourth-order valence-electron chi connectivity index (χ4n) is 13.6. The van der Waals surface area contributed by atoms with Crippen LogP contribution in [0.2, 0.25) is 0 Å². The molecule has 18 N–H and O–H groups in total. The number of rotatable bonds is 48. The first kappa shape index (κ1) is 121. The number of benzene rings is 9. The number of hydrogen-bond acceptors (Lipinski definition) is 24. The molecule has 9 rings (SSSR count). The summed E-state index contributed by atoms with van der Waals surface area (Å²) in [5.41, 5.74) is 17.5. The van der Waals surface area contributed by atoms with Crippen LogP contribution in [0.25, 0.3) is 0 Å². The third-order valence-electron chi connectivity index (χ3n) is 22.5. The van der Waals surface area contributed by atoms with Crippen LogP contribution in [0.15, 0.2) is 146 Å². The molecule has 0 aliphatic heterocycles. The van der Waals surface area contributed by atoms with Crippen molar-refractivity contribution in [3.63, 3.8) is 0 Å². The summed E-state index contributed by atoms with van der Waals surface area (Å²) in [5, 5.41) is 49.8. The third-order valence-corrected chi connectivity index (χ3v) is 22.5. The molecule has 18 amide bonds. The first-order valence-corrected chi connectivity index (χ1v) is 49.5. The molecule has 0 atom stereocenters. The summed E-state index contributed by atoms with van der Waals surface area (Å²) in [6.07, 6.45) is 7.15. The number of amides is 18. The Morgan fingerprint density at radius 3 is 0.640 bits per heavy atom. The van der Waals surface area contributed by atoms with Crippen molar-refractivity contribution in [3.8, 4) is 0 Å². The van der Waals surface area contributed by atoms with E-state index in [0.717, 1.165) is 105 Å². The lowest BCUT2D eigenvalue weighted by Crippen LogP contribution is -2.23. The molecule has 0 heterocycles.